The van der Waals surface area contributed by atoms with Crippen LogP contribution in [0.4, 0.5) is 4.39 Å². The zero-order valence-electron chi connectivity index (χ0n) is 13.3. The van der Waals surface area contributed by atoms with Crippen molar-refractivity contribution < 1.29 is 9.13 Å². The molecule has 128 valence electrons. The summed E-state index contributed by atoms with van der Waals surface area (Å²) >= 11 is 6.33. The summed E-state index contributed by atoms with van der Waals surface area (Å²) in [6.45, 7) is 0. The first kappa shape index (κ1) is 16.2. The van der Waals surface area contributed by atoms with Crippen molar-refractivity contribution in [1.29, 1.82) is 5.26 Å². The van der Waals surface area contributed by atoms with Gasteiger partial charge in [0.25, 0.3) is 0 Å². The number of halogens is 2. The lowest BCUT2D eigenvalue weighted by Gasteiger charge is -2.24. The standard InChI is InChI=1S/C19H12ClFN4O/c20-14-4-2-1-3-12(14)17-16-15(10-5-7-11(21)8-6-10)13(9-22)18(23)26-19(16)25-24-17/h1-8,15H,23H2,(H,24,25)/t15-/m0/s1. The quantitative estimate of drug-likeness (QED) is 0.715. The summed E-state index contributed by atoms with van der Waals surface area (Å²) in [5, 5.41) is 17.3. The lowest BCUT2D eigenvalue weighted by molar-refractivity contribution is 0.379. The fourth-order valence-corrected chi connectivity index (χ4v) is 3.33. The highest BCUT2D eigenvalue weighted by Gasteiger charge is 2.35. The number of hydrogen-bond acceptors (Lipinski definition) is 4. The molecule has 0 aliphatic carbocycles. The molecular formula is C19H12ClFN4O. The van der Waals surface area contributed by atoms with Crippen LogP contribution in [0.2, 0.25) is 5.02 Å². The second kappa shape index (κ2) is 6.21. The van der Waals surface area contributed by atoms with Crippen molar-refractivity contribution in [3.63, 3.8) is 0 Å². The minimum Gasteiger partial charge on any atom is -0.420 e. The molecular weight excluding hydrogens is 355 g/mol. The van der Waals surface area contributed by atoms with Gasteiger partial charge in [-0.2, -0.15) is 5.26 Å². The summed E-state index contributed by atoms with van der Waals surface area (Å²) in [4.78, 5) is 0. The van der Waals surface area contributed by atoms with Crippen LogP contribution >= 0.6 is 11.6 Å². The molecule has 3 N–H and O–H groups in total. The van der Waals surface area contributed by atoms with E-state index >= 15 is 0 Å². The molecule has 1 aliphatic heterocycles. The number of rotatable bonds is 2. The molecule has 3 aromatic rings. The Morgan fingerprint density at radius 1 is 1.19 bits per heavy atom. The third-order valence-corrected chi connectivity index (χ3v) is 4.62. The lowest BCUT2D eigenvalue weighted by Crippen LogP contribution is -2.21. The monoisotopic (exact) mass is 366 g/mol. The Hall–Kier alpha value is -3.30. The van der Waals surface area contributed by atoms with Crippen LogP contribution in [-0.4, -0.2) is 10.2 Å². The number of aromatic amines is 1. The van der Waals surface area contributed by atoms with E-state index in [9.17, 15) is 9.65 Å². The van der Waals surface area contributed by atoms with E-state index in [1.165, 1.54) is 12.1 Å². The zero-order valence-corrected chi connectivity index (χ0v) is 14.1. The maximum atomic E-state index is 13.4. The van der Waals surface area contributed by atoms with Crippen molar-refractivity contribution in [2.75, 3.05) is 0 Å². The average molecular weight is 367 g/mol. The first-order chi connectivity index (χ1) is 12.6. The van der Waals surface area contributed by atoms with Gasteiger partial charge in [-0.1, -0.05) is 41.9 Å². The largest absolute Gasteiger partial charge is 0.420 e. The number of ether oxygens (including phenoxy) is 1. The molecule has 0 radical (unpaired) electrons. The van der Waals surface area contributed by atoms with Gasteiger partial charge < -0.3 is 10.5 Å². The molecule has 0 amide bonds. The highest BCUT2D eigenvalue weighted by Crippen LogP contribution is 2.46. The maximum Gasteiger partial charge on any atom is 0.244 e. The normalized spacial score (nSPS) is 16.0. The van der Waals surface area contributed by atoms with Gasteiger partial charge in [0.15, 0.2) is 0 Å². The van der Waals surface area contributed by atoms with Gasteiger partial charge in [0.2, 0.25) is 11.8 Å². The summed E-state index contributed by atoms with van der Waals surface area (Å²) in [5.41, 5.74) is 8.83. The van der Waals surface area contributed by atoms with Crippen molar-refractivity contribution in [3.05, 3.63) is 82.0 Å². The van der Waals surface area contributed by atoms with Crippen LogP contribution in [-0.2, 0) is 0 Å². The Kier molecular flexibility index (Phi) is 3.86. The van der Waals surface area contributed by atoms with Crippen molar-refractivity contribution in [3.8, 4) is 23.2 Å². The molecule has 0 bridgehead atoms. The SMILES string of the molecule is N#CC1=C(N)Oc2n[nH]c(-c3ccccc3Cl)c2[C@H]1c1ccc(F)cc1. The van der Waals surface area contributed by atoms with Crippen LogP contribution < -0.4 is 10.5 Å². The minimum absolute atomic E-state index is 0.0217. The third kappa shape index (κ3) is 2.50. The Balaban J connectivity index is 1.97. The van der Waals surface area contributed by atoms with Crippen LogP contribution in [0, 0.1) is 17.1 Å². The van der Waals surface area contributed by atoms with E-state index in [1.807, 2.05) is 18.2 Å². The van der Waals surface area contributed by atoms with Crippen molar-refractivity contribution in [2.24, 2.45) is 5.73 Å². The topological polar surface area (TPSA) is 87.7 Å². The number of allylic oxidation sites excluding steroid dienone is 1. The number of nitrogens with two attached hydrogens (primary N) is 1. The molecule has 0 saturated heterocycles. The molecule has 4 rings (SSSR count). The Morgan fingerprint density at radius 3 is 2.62 bits per heavy atom. The fourth-order valence-electron chi connectivity index (χ4n) is 3.10. The number of benzene rings is 2. The zero-order chi connectivity index (χ0) is 18.3. The van der Waals surface area contributed by atoms with Gasteiger partial charge in [0, 0.05) is 10.6 Å². The van der Waals surface area contributed by atoms with E-state index in [-0.39, 0.29) is 23.2 Å². The highest BCUT2D eigenvalue weighted by molar-refractivity contribution is 6.33. The fraction of sp³-hybridized carbons (Fsp3) is 0.0526. The van der Waals surface area contributed by atoms with E-state index in [0.717, 1.165) is 5.56 Å². The van der Waals surface area contributed by atoms with Gasteiger partial charge in [0.05, 0.1) is 17.2 Å². The van der Waals surface area contributed by atoms with Gasteiger partial charge in [-0.15, -0.1) is 5.10 Å². The second-order valence-electron chi connectivity index (χ2n) is 5.77. The number of nitrogens with zero attached hydrogens (tertiary/aromatic N) is 2. The molecule has 1 aromatic heterocycles. The van der Waals surface area contributed by atoms with Gasteiger partial charge in [0.1, 0.15) is 17.5 Å². The smallest absolute Gasteiger partial charge is 0.244 e. The number of nitriles is 1. The second-order valence-corrected chi connectivity index (χ2v) is 6.18. The molecule has 0 spiro atoms. The predicted molar refractivity (Wildman–Crippen MR) is 94.7 cm³/mol. The van der Waals surface area contributed by atoms with E-state index in [0.29, 0.717) is 21.8 Å². The number of hydrogen-bond donors (Lipinski definition) is 2. The van der Waals surface area contributed by atoms with Crippen molar-refractivity contribution in [2.45, 2.75) is 5.92 Å². The third-order valence-electron chi connectivity index (χ3n) is 4.29. The van der Waals surface area contributed by atoms with Crippen molar-refractivity contribution in [1.82, 2.24) is 10.2 Å². The Labute approximate surface area is 153 Å². The van der Waals surface area contributed by atoms with Crippen LogP contribution in [0.15, 0.2) is 60.0 Å². The molecule has 1 aliphatic rings. The molecule has 5 nitrogen and oxygen atoms in total. The van der Waals surface area contributed by atoms with E-state index < -0.39 is 5.92 Å². The van der Waals surface area contributed by atoms with Gasteiger partial charge in [-0.05, 0) is 23.8 Å². The van der Waals surface area contributed by atoms with E-state index in [4.69, 9.17) is 22.1 Å². The van der Waals surface area contributed by atoms with Crippen LogP contribution in [0.3, 0.4) is 0 Å². The molecule has 2 aromatic carbocycles. The number of fused-ring (bicyclic) bond motifs is 1. The Morgan fingerprint density at radius 2 is 1.92 bits per heavy atom. The highest BCUT2D eigenvalue weighted by atomic mass is 35.5. The summed E-state index contributed by atoms with van der Waals surface area (Å²) < 4.78 is 18.9. The van der Waals surface area contributed by atoms with Crippen LogP contribution in [0.5, 0.6) is 5.88 Å². The molecule has 0 unspecified atom stereocenters. The van der Waals surface area contributed by atoms with Crippen molar-refractivity contribution >= 4 is 11.6 Å². The number of H-pyrrole nitrogens is 1. The Bertz CT molecular complexity index is 1070. The van der Waals surface area contributed by atoms with E-state index in [1.54, 1.807) is 18.2 Å². The molecule has 1 atom stereocenters. The van der Waals surface area contributed by atoms with Gasteiger partial charge in [-0.3, -0.25) is 5.10 Å². The average Bonchev–Trinajstić information content (AvgIpc) is 3.05. The van der Waals surface area contributed by atoms with E-state index in [2.05, 4.69) is 16.3 Å². The van der Waals surface area contributed by atoms with Gasteiger partial charge >= 0.3 is 0 Å². The summed E-state index contributed by atoms with van der Waals surface area (Å²) in [6.07, 6.45) is 0. The number of aromatic nitrogens is 2. The summed E-state index contributed by atoms with van der Waals surface area (Å²) in [7, 11) is 0. The molecule has 2 heterocycles. The first-order valence-electron chi connectivity index (χ1n) is 7.76. The summed E-state index contributed by atoms with van der Waals surface area (Å²) in [5.74, 6) is -0.665. The van der Waals surface area contributed by atoms with Gasteiger partial charge in [-0.25, -0.2) is 4.39 Å². The molecule has 7 heteroatoms. The molecule has 26 heavy (non-hydrogen) atoms. The van der Waals surface area contributed by atoms with Crippen LogP contribution in [0.25, 0.3) is 11.3 Å². The first-order valence-corrected chi connectivity index (χ1v) is 8.14. The molecule has 0 saturated carbocycles. The van der Waals surface area contributed by atoms with Crippen LogP contribution in [0.1, 0.15) is 17.0 Å². The number of nitrogens with one attached hydrogen (secondary N) is 1. The minimum atomic E-state index is -0.547. The maximum absolute atomic E-state index is 13.4. The lowest BCUT2D eigenvalue weighted by atomic mass is 9.83. The molecule has 0 fully saturated rings. The summed E-state index contributed by atoms with van der Waals surface area (Å²) in [6, 6.07) is 15.3. The predicted octanol–water partition coefficient (Wildman–Crippen LogP) is 4.09.